The third-order valence-corrected chi connectivity index (χ3v) is 4.92. The molecular weight excluding hydrogens is 356 g/mol. The number of carboxylic acid groups (broad SMARTS) is 1. The molecule has 0 saturated heterocycles. The first kappa shape index (κ1) is 19.5. The van der Waals surface area contributed by atoms with Gasteiger partial charge in [0.05, 0.1) is 17.5 Å². The molecule has 26 heavy (non-hydrogen) atoms. The Morgan fingerprint density at radius 1 is 1.08 bits per heavy atom. The van der Waals surface area contributed by atoms with Gasteiger partial charge in [-0.2, -0.15) is 0 Å². The standard InChI is InChI=1S/C18H20N2O5S/c1-3-16(20(26(2,24)25)15-7-5-4-6-8-15)17(21)19-14-11-9-13(10-12-14)18(22)23/h4-12,16H,3H2,1-2H3,(H,19,21)(H,22,23)/t16-/m1/s1. The Hall–Kier alpha value is -2.87. The number of aromatic carboxylic acids is 1. The second kappa shape index (κ2) is 8.01. The van der Waals surface area contributed by atoms with Gasteiger partial charge in [-0.1, -0.05) is 25.1 Å². The highest BCUT2D eigenvalue weighted by Crippen LogP contribution is 2.23. The Morgan fingerprint density at radius 2 is 1.65 bits per heavy atom. The maximum absolute atomic E-state index is 12.7. The molecule has 0 heterocycles. The lowest BCUT2D eigenvalue weighted by atomic mass is 10.1. The van der Waals surface area contributed by atoms with Gasteiger partial charge in [-0.15, -0.1) is 0 Å². The molecular formula is C18H20N2O5S. The number of carboxylic acids is 1. The number of hydrogen-bond donors (Lipinski definition) is 2. The van der Waals surface area contributed by atoms with Crippen LogP contribution in [0.3, 0.4) is 0 Å². The molecule has 1 amide bonds. The zero-order chi connectivity index (χ0) is 19.3. The van der Waals surface area contributed by atoms with Gasteiger partial charge in [-0.3, -0.25) is 9.10 Å². The molecule has 138 valence electrons. The number of amides is 1. The second-order valence-electron chi connectivity index (χ2n) is 5.69. The minimum atomic E-state index is -3.69. The summed E-state index contributed by atoms with van der Waals surface area (Å²) < 4.78 is 25.7. The summed E-state index contributed by atoms with van der Waals surface area (Å²) in [6, 6.07) is 13.1. The molecule has 0 radical (unpaired) electrons. The summed E-state index contributed by atoms with van der Waals surface area (Å²) in [5, 5.41) is 11.6. The molecule has 2 N–H and O–H groups in total. The van der Waals surface area contributed by atoms with Gasteiger partial charge in [-0.25, -0.2) is 13.2 Å². The third kappa shape index (κ3) is 4.60. The Morgan fingerprint density at radius 3 is 2.12 bits per heavy atom. The number of sulfonamides is 1. The van der Waals surface area contributed by atoms with Crippen molar-refractivity contribution in [3.8, 4) is 0 Å². The van der Waals surface area contributed by atoms with Crippen molar-refractivity contribution in [3.63, 3.8) is 0 Å². The van der Waals surface area contributed by atoms with Gasteiger partial charge in [0.15, 0.2) is 0 Å². The predicted octanol–water partition coefficient (Wildman–Crippen LogP) is 2.57. The van der Waals surface area contributed by atoms with E-state index in [2.05, 4.69) is 5.32 Å². The van der Waals surface area contributed by atoms with Gasteiger partial charge in [0.25, 0.3) is 0 Å². The molecule has 0 aliphatic heterocycles. The van der Waals surface area contributed by atoms with E-state index in [1.54, 1.807) is 37.3 Å². The summed E-state index contributed by atoms with van der Waals surface area (Å²) in [5.74, 6) is -1.56. The van der Waals surface area contributed by atoms with Crippen LogP contribution in [0, 0.1) is 0 Å². The quantitative estimate of drug-likeness (QED) is 0.773. The molecule has 0 saturated carbocycles. The molecule has 0 aliphatic rings. The van der Waals surface area contributed by atoms with Crippen LogP contribution in [0.15, 0.2) is 54.6 Å². The average molecular weight is 376 g/mol. The summed E-state index contributed by atoms with van der Waals surface area (Å²) in [7, 11) is -3.69. The van der Waals surface area contributed by atoms with E-state index in [0.29, 0.717) is 11.4 Å². The van der Waals surface area contributed by atoms with Crippen molar-refractivity contribution in [2.24, 2.45) is 0 Å². The number of hydrogen-bond acceptors (Lipinski definition) is 4. The number of para-hydroxylation sites is 1. The number of nitrogens with zero attached hydrogens (tertiary/aromatic N) is 1. The summed E-state index contributed by atoms with van der Waals surface area (Å²) >= 11 is 0. The van der Waals surface area contributed by atoms with Crippen molar-refractivity contribution < 1.29 is 23.1 Å². The third-order valence-electron chi connectivity index (χ3n) is 3.74. The Balaban J connectivity index is 2.29. The van der Waals surface area contributed by atoms with Crippen LogP contribution < -0.4 is 9.62 Å². The van der Waals surface area contributed by atoms with Gasteiger partial charge in [0.2, 0.25) is 15.9 Å². The van der Waals surface area contributed by atoms with Crippen molar-refractivity contribution in [2.45, 2.75) is 19.4 Å². The molecule has 7 nitrogen and oxygen atoms in total. The van der Waals surface area contributed by atoms with E-state index < -0.39 is 27.9 Å². The molecule has 1 atom stereocenters. The smallest absolute Gasteiger partial charge is 0.335 e. The van der Waals surface area contributed by atoms with Crippen molar-refractivity contribution in [1.82, 2.24) is 0 Å². The van der Waals surface area contributed by atoms with Crippen LogP contribution in [-0.4, -0.2) is 37.7 Å². The summed E-state index contributed by atoms with van der Waals surface area (Å²) in [6.45, 7) is 1.72. The fraction of sp³-hybridized carbons (Fsp3) is 0.222. The minimum Gasteiger partial charge on any atom is -0.478 e. The second-order valence-corrected chi connectivity index (χ2v) is 7.55. The summed E-state index contributed by atoms with van der Waals surface area (Å²) in [6.07, 6.45) is 1.32. The number of anilines is 2. The van der Waals surface area contributed by atoms with Gasteiger partial charge in [-0.05, 0) is 42.8 Å². The van der Waals surface area contributed by atoms with E-state index in [0.717, 1.165) is 10.6 Å². The first-order valence-corrected chi connectivity index (χ1v) is 9.77. The lowest BCUT2D eigenvalue weighted by Gasteiger charge is -2.30. The van der Waals surface area contributed by atoms with Gasteiger partial charge in [0, 0.05) is 5.69 Å². The monoisotopic (exact) mass is 376 g/mol. The molecule has 0 aromatic heterocycles. The Labute approximate surface area is 152 Å². The number of carbonyl (C=O) groups is 2. The van der Waals surface area contributed by atoms with Crippen LogP contribution in [0.25, 0.3) is 0 Å². The van der Waals surface area contributed by atoms with Crippen LogP contribution in [0.5, 0.6) is 0 Å². The molecule has 0 spiro atoms. The van der Waals surface area contributed by atoms with Crippen LogP contribution in [-0.2, 0) is 14.8 Å². The zero-order valence-corrected chi connectivity index (χ0v) is 15.2. The summed E-state index contributed by atoms with van der Waals surface area (Å²) in [5.41, 5.74) is 0.885. The average Bonchev–Trinajstić information content (AvgIpc) is 2.59. The molecule has 0 aliphatic carbocycles. The minimum absolute atomic E-state index is 0.0945. The number of benzene rings is 2. The fourth-order valence-electron chi connectivity index (χ4n) is 2.56. The highest BCUT2D eigenvalue weighted by Gasteiger charge is 2.31. The van der Waals surface area contributed by atoms with Crippen LogP contribution >= 0.6 is 0 Å². The first-order valence-electron chi connectivity index (χ1n) is 7.92. The lowest BCUT2D eigenvalue weighted by molar-refractivity contribution is -0.117. The molecule has 8 heteroatoms. The number of carbonyl (C=O) groups excluding carboxylic acids is 1. The Bertz CT molecular complexity index is 880. The van der Waals surface area contributed by atoms with E-state index in [-0.39, 0.29) is 12.0 Å². The molecule has 2 aromatic carbocycles. The summed E-state index contributed by atoms with van der Waals surface area (Å²) in [4.78, 5) is 23.6. The number of nitrogens with one attached hydrogen (secondary N) is 1. The largest absolute Gasteiger partial charge is 0.478 e. The highest BCUT2D eigenvalue weighted by molar-refractivity contribution is 7.92. The van der Waals surface area contributed by atoms with Crippen molar-refractivity contribution >= 4 is 33.3 Å². The van der Waals surface area contributed by atoms with E-state index in [9.17, 15) is 18.0 Å². The first-order chi connectivity index (χ1) is 12.2. The zero-order valence-electron chi connectivity index (χ0n) is 14.4. The molecule has 2 rings (SSSR count). The number of rotatable bonds is 7. The van der Waals surface area contributed by atoms with Gasteiger partial charge >= 0.3 is 5.97 Å². The van der Waals surface area contributed by atoms with Crippen LogP contribution in [0.2, 0.25) is 0 Å². The van der Waals surface area contributed by atoms with E-state index >= 15 is 0 Å². The van der Waals surface area contributed by atoms with E-state index in [4.69, 9.17) is 5.11 Å². The highest BCUT2D eigenvalue weighted by atomic mass is 32.2. The van der Waals surface area contributed by atoms with Crippen molar-refractivity contribution in [3.05, 3.63) is 60.2 Å². The lowest BCUT2D eigenvalue weighted by Crippen LogP contribution is -2.46. The van der Waals surface area contributed by atoms with Crippen LogP contribution in [0.4, 0.5) is 11.4 Å². The molecule has 0 unspecified atom stereocenters. The Kier molecular flexibility index (Phi) is 5.99. The van der Waals surface area contributed by atoms with Gasteiger partial charge < -0.3 is 10.4 Å². The van der Waals surface area contributed by atoms with Gasteiger partial charge in [0.1, 0.15) is 6.04 Å². The van der Waals surface area contributed by atoms with Crippen molar-refractivity contribution in [2.75, 3.05) is 15.9 Å². The normalized spacial score (nSPS) is 12.2. The molecule has 2 aromatic rings. The SMILES string of the molecule is CC[C@H](C(=O)Nc1ccc(C(=O)O)cc1)N(c1ccccc1)S(C)(=O)=O. The molecule has 0 fully saturated rings. The van der Waals surface area contributed by atoms with Crippen molar-refractivity contribution in [1.29, 1.82) is 0 Å². The van der Waals surface area contributed by atoms with Crippen LogP contribution in [0.1, 0.15) is 23.7 Å². The van der Waals surface area contributed by atoms with E-state index in [1.807, 2.05) is 0 Å². The fourth-order valence-corrected chi connectivity index (χ4v) is 3.77. The maximum Gasteiger partial charge on any atom is 0.335 e. The molecule has 0 bridgehead atoms. The topological polar surface area (TPSA) is 104 Å². The predicted molar refractivity (Wildman–Crippen MR) is 99.9 cm³/mol. The van der Waals surface area contributed by atoms with E-state index in [1.165, 1.54) is 24.3 Å². The maximum atomic E-state index is 12.7.